The Labute approximate surface area is 89.4 Å². The molecule has 0 aliphatic rings. The van der Waals surface area contributed by atoms with Crippen LogP contribution in [0.25, 0.3) is 0 Å². The third-order valence-electron chi connectivity index (χ3n) is 1.62. The molecule has 0 unspecified atom stereocenters. The maximum absolute atomic E-state index is 11.9. The number of benzene rings is 1. The molecule has 1 aromatic carbocycles. The van der Waals surface area contributed by atoms with Gasteiger partial charge in [0.1, 0.15) is 5.75 Å². The lowest BCUT2D eigenvalue weighted by Gasteiger charge is -2.09. The molecule has 0 spiro atoms. The van der Waals surface area contributed by atoms with Crippen LogP contribution in [0.4, 0.5) is 14.5 Å². The number of ether oxygens (including phenoxy) is 1. The molecule has 1 N–H and O–H groups in total. The predicted octanol–water partition coefficient (Wildman–Crippen LogP) is 3.13. The molecular formula is C9H10BrF2NO. The molecule has 0 saturated heterocycles. The van der Waals surface area contributed by atoms with Crippen LogP contribution in [-0.2, 0) is 0 Å². The molecule has 2 nitrogen and oxygen atoms in total. The number of halogens is 3. The lowest BCUT2D eigenvalue weighted by molar-refractivity contribution is 0.163. The van der Waals surface area contributed by atoms with E-state index in [4.69, 9.17) is 4.74 Å². The third kappa shape index (κ3) is 3.14. The van der Waals surface area contributed by atoms with Crippen LogP contribution in [0.1, 0.15) is 0 Å². The van der Waals surface area contributed by atoms with Gasteiger partial charge in [-0.3, -0.25) is 0 Å². The molecule has 0 heterocycles. The molecule has 1 aromatic rings. The first kappa shape index (κ1) is 11.2. The van der Waals surface area contributed by atoms with Gasteiger partial charge in [0.25, 0.3) is 6.43 Å². The zero-order valence-electron chi connectivity index (χ0n) is 7.56. The summed E-state index contributed by atoms with van der Waals surface area (Å²) in [5, 5.41) is 2.61. The molecule has 0 saturated carbocycles. The number of rotatable bonds is 4. The van der Waals surface area contributed by atoms with Gasteiger partial charge in [0, 0.05) is 10.5 Å². The maximum atomic E-state index is 11.9. The maximum Gasteiger partial charge on any atom is 0.255 e. The lowest BCUT2D eigenvalue weighted by Crippen LogP contribution is -2.10. The number of anilines is 1. The molecule has 0 atom stereocenters. The first-order chi connectivity index (χ1) is 6.63. The topological polar surface area (TPSA) is 21.3 Å². The second-order valence-electron chi connectivity index (χ2n) is 2.62. The van der Waals surface area contributed by atoms with E-state index >= 15 is 0 Å². The highest BCUT2D eigenvalue weighted by molar-refractivity contribution is 9.10. The Morgan fingerprint density at radius 3 is 2.79 bits per heavy atom. The van der Waals surface area contributed by atoms with Gasteiger partial charge in [-0.15, -0.1) is 0 Å². The van der Waals surface area contributed by atoms with Gasteiger partial charge in [0.15, 0.2) is 0 Å². The standard InChI is InChI=1S/C9H10BrF2NO/c1-14-6-2-3-7(10)8(4-6)13-5-9(11)12/h2-4,9,13H,5H2,1H3. The molecule has 78 valence electrons. The van der Waals surface area contributed by atoms with Crippen molar-refractivity contribution in [1.29, 1.82) is 0 Å². The Morgan fingerprint density at radius 2 is 2.21 bits per heavy atom. The lowest BCUT2D eigenvalue weighted by atomic mass is 10.3. The van der Waals surface area contributed by atoms with E-state index in [2.05, 4.69) is 21.2 Å². The van der Waals surface area contributed by atoms with Crippen LogP contribution < -0.4 is 10.1 Å². The van der Waals surface area contributed by atoms with E-state index in [1.54, 1.807) is 18.2 Å². The fourth-order valence-corrected chi connectivity index (χ4v) is 1.34. The summed E-state index contributed by atoms with van der Waals surface area (Å²) in [5.74, 6) is 0.630. The monoisotopic (exact) mass is 265 g/mol. The quantitative estimate of drug-likeness (QED) is 0.903. The fraction of sp³-hybridized carbons (Fsp3) is 0.333. The second-order valence-corrected chi connectivity index (χ2v) is 3.47. The summed E-state index contributed by atoms with van der Waals surface area (Å²) >= 11 is 3.25. The van der Waals surface area contributed by atoms with Crippen molar-refractivity contribution in [1.82, 2.24) is 0 Å². The average Bonchev–Trinajstić information content (AvgIpc) is 2.16. The van der Waals surface area contributed by atoms with E-state index < -0.39 is 6.43 Å². The summed E-state index contributed by atoms with van der Waals surface area (Å²) in [6.07, 6.45) is -2.37. The van der Waals surface area contributed by atoms with Gasteiger partial charge < -0.3 is 10.1 Å². The molecule has 14 heavy (non-hydrogen) atoms. The van der Waals surface area contributed by atoms with Crippen molar-refractivity contribution >= 4 is 21.6 Å². The van der Waals surface area contributed by atoms with E-state index in [0.29, 0.717) is 11.4 Å². The summed E-state index contributed by atoms with van der Waals surface area (Å²) in [7, 11) is 1.53. The number of hydrogen-bond donors (Lipinski definition) is 1. The molecule has 0 amide bonds. The van der Waals surface area contributed by atoms with E-state index in [-0.39, 0.29) is 6.54 Å². The van der Waals surface area contributed by atoms with Gasteiger partial charge >= 0.3 is 0 Å². The molecule has 0 bridgehead atoms. The van der Waals surface area contributed by atoms with Crippen molar-refractivity contribution in [3.8, 4) is 5.75 Å². The SMILES string of the molecule is COc1ccc(Br)c(NCC(F)F)c1. The molecular weight excluding hydrogens is 256 g/mol. The van der Waals surface area contributed by atoms with Crippen molar-refractivity contribution in [2.24, 2.45) is 0 Å². The van der Waals surface area contributed by atoms with Crippen LogP contribution in [-0.4, -0.2) is 20.1 Å². The molecule has 1 rings (SSSR count). The van der Waals surface area contributed by atoms with Crippen LogP contribution >= 0.6 is 15.9 Å². The van der Waals surface area contributed by atoms with E-state index in [1.165, 1.54) is 7.11 Å². The molecule has 0 aliphatic heterocycles. The summed E-state index contributed by atoms with van der Waals surface area (Å²) in [6.45, 7) is -0.369. The number of alkyl halides is 2. The van der Waals surface area contributed by atoms with Crippen LogP contribution in [0.15, 0.2) is 22.7 Å². The van der Waals surface area contributed by atoms with Gasteiger partial charge in [0.05, 0.1) is 19.3 Å². The Hall–Kier alpha value is -0.840. The Morgan fingerprint density at radius 1 is 1.50 bits per heavy atom. The zero-order chi connectivity index (χ0) is 10.6. The molecule has 0 aromatic heterocycles. The van der Waals surface area contributed by atoms with Crippen LogP contribution in [0.5, 0.6) is 5.75 Å². The summed E-state index contributed by atoms with van der Waals surface area (Å²) in [5.41, 5.74) is 0.602. The minimum Gasteiger partial charge on any atom is -0.497 e. The highest BCUT2D eigenvalue weighted by Gasteiger charge is 2.05. The van der Waals surface area contributed by atoms with Crippen molar-refractivity contribution in [3.63, 3.8) is 0 Å². The molecule has 0 radical (unpaired) electrons. The Kier molecular flexibility index (Phi) is 4.13. The van der Waals surface area contributed by atoms with Gasteiger partial charge in [-0.2, -0.15) is 0 Å². The van der Waals surface area contributed by atoms with Crippen molar-refractivity contribution in [3.05, 3.63) is 22.7 Å². The normalized spacial score (nSPS) is 10.4. The van der Waals surface area contributed by atoms with Crippen LogP contribution in [0.2, 0.25) is 0 Å². The number of hydrogen-bond acceptors (Lipinski definition) is 2. The van der Waals surface area contributed by atoms with Gasteiger partial charge in [0.2, 0.25) is 0 Å². The first-order valence-corrected chi connectivity index (χ1v) is 4.78. The minimum absolute atomic E-state index is 0.369. The van der Waals surface area contributed by atoms with E-state index in [1.807, 2.05) is 0 Å². The largest absolute Gasteiger partial charge is 0.497 e. The summed E-state index contributed by atoms with van der Waals surface area (Å²) in [4.78, 5) is 0. The average molecular weight is 266 g/mol. The van der Waals surface area contributed by atoms with Crippen molar-refractivity contribution < 1.29 is 13.5 Å². The summed E-state index contributed by atoms with van der Waals surface area (Å²) < 4.78 is 29.6. The van der Waals surface area contributed by atoms with E-state index in [9.17, 15) is 8.78 Å². The van der Waals surface area contributed by atoms with Crippen LogP contribution in [0.3, 0.4) is 0 Å². The third-order valence-corrected chi connectivity index (χ3v) is 2.31. The summed E-state index contributed by atoms with van der Waals surface area (Å²) in [6, 6.07) is 5.15. The van der Waals surface area contributed by atoms with Gasteiger partial charge in [-0.1, -0.05) is 0 Å². The zero-order valence-corrected chi connectivity index (χ0v) is 9.14. The minimum atomic E-state index is -2.37. The highest BCUT2D eigenvalue weighted by Crippen LogP contribution is 2.27. The van der Waals surface area contributed by atoms with Gasteiger partial charge in [-0.25, -0.2) is 8.78 Å². The van der Waals surface area contributed by atoms with Gasteiger partial charge in [-0.05, 0) is 28.1 Å². The molecule has 5 heteroatoms. The number of methoxy groups -OCH3 is 1. The Balaban J connectivity index is 2.73. The fourth-order valence-electron chi connectivity index (χ4n) is 0.954. The Bertz CT molecular complexity index is 307. The first-order valence-electron chi connectivity index (χ1n) is 3.99. The number of nitrogens with one attached hydrogen (secondary N) is 1. The van der Waals surface area contributed by atoms with Crippen molar-refractivity contribution in [2.75, 3.05) is 19.0 Å². The highest BCUT2D eigenvalue weighted by atomic mass is 79.9. The van der Waals surface area contributed by atoms with Crippen molar-refractivity contribution in [2.45, 2.75) is 6.43 Å². The van der Waals surface area contributed by atoms with Crippen LogP contribution in [0, 0.1) is 0 Å². The second kappa shape index (κ2) is 5.14. The van der Waals surface area contributed by atoms with E-state index in [0.717, 1.165) is 4.47 Å². The molecule has 0 aliphatic carbocycles. The smallest absolute Gasteiger partial charge is 0.255 e. The molecule has 0 fully saturated rings. The predicted molar refractivity (Wildman–Crippen MR) is 55.2 cm³/mol.